The number of benzene rings is 1. The van der Waals surface area contributed by atoms with Crippen molar-refractivity contribution >= 4 is 5.96 Å². The van der Waals surface area contributed by atoms with Crippen molar-refractivity contribution in [3.8, 4) is 5.75 Å². The number of guanidine groups is 1. The molecular weight excluding hydrogens is 214 g/mol. The van der Waals surface area contributed by atoms with Crippen molar-refractivity contribution < 1.29 is 4.74 Å². The number of nitrogens with zero attached hydrogens (tertiary/aromatic N) is 1. The summed E-state index contributed by atoms with van der Waals surface area (Å²) in [6.45, 7) is 5.04. The Morgan fingerprint density at radius 3 is 2.94 bits per heavy atom. The summed E-state index contributed by atoms with van der Waals surface area (Å²) in [5, 5.41) is 6.31. The van der Waals surface area contributed by atoms with E-state index in [-0.39, 0.29) is 0 Å². The summed E-state index contributed by atoms with van der Waals surface area (Å²) in [5.74, 6) is 1.62. The van der Waals surface area contributed by atoms with Gasteiger partial charge in [0.2, 0.25) is 0 Å². The Kier molecular flexibility index (Phi) is 5.64. The van der Waals surface area contributed by atoms with E-state index in [1.165, 1.54) is 0 Å². The van der Waals surface area contributed by atoms with Crippen LogP contribution >= 0.6 is 0 Å². The molecule has 0 aliphatic heterocycles. The van der Waals surface area contributed by atoms with Crippen molar-refractivity contribution in [1.29, 1.82) is 0 Å². The third kappa shape index (κ3) is 4.59. The summed E-state index contributed by atoms with van der Waals surface area (Å²) in [6.07, 6.45) is 1.79. The highest BCUT2D eigenvalue weighted by atomic mass is 16.5. The zero-order valence-corrected chi connectivity index (χ0v) is 10.4. The van der Waals surface area contributed by atoms with Gasteiger partial charge >= 0.3 is 0 Å². The molecule has 0 saturated carbocycles. The Morgan fingerprint density at radius 2 is 2.29 bits per heavy atom. The van der Waals surface area contributed by atoms with Crippen molar-refractivity contribution in [2.24, 2.45) is 4.99 Å². The second kappa shape index (κ2) is 7.33. The van der Waals surface area contributed by atoms with Crippen LogP contribution in [0.15, 0.2) is 41.9 Å². The van der Waals surface area contributed by atoms with E-state index in [9.17, 15) is 0 Å². The predicted octanol–water partition coefficient (Wildman–Crippen LogP) is 1.55. The number of rotatable bonds is 5. The summed E-state index contributed by atoms with van der Waals surface area (Å²) in [7, 11) is 3.40. The molecule has 0 amide bonds. The van der Waals surface area contributed by atoms with Crippen molar-refractivity contribution in [2.45, 2.75) is 6.54 Å². The zero-order chi connectivity index (χ0) is 12.5. The fraction of sp³-hybridized carbons (Fsp3) is 0.308. The average Bonchev–Trinajstić information content (AvgIpc) is 2.39. The second-order valence-corrected chi connectivity index (χ2v) is 3.45. The van der Waals surface area contributed by atoms with Gasteiger partial charge in [-0.15, -0.1) is 6.58 Å². The van der Waals surface area contributed by atoms with Gasteiger partial charge in [-0.25, -0.2) is 0 Å². The fourth-order valence-electron chi connectivity index (χ4n) is 1.36. The molecule has 0 spiro atoms. The fourth-order valence-corrected chi connectivity index (χ4v) is 1.36. The molecule has 17 heavy (non-hydrogen) atoms. The minimum atomic E-state index is 0.692. The first kappa shape index (κ1) is 13.1. The first-order valence-corrected chi connectivity index (χ1v) is 5.48. The van der Waals surface area contributed by atoms with Gasteiger partial charge in [0.1, 0.15) is 5.75 Å². The lowest BCUT2D eigenvalue weighted by atomic mass is 10.2. The SMILES string of the molecule is C=CCNC(=NC)NCc1cccc(OC)c1. The van der Waals surface area contributed by atoms with E-state index in [0.717, 1.165) is 17.3 Å². The molecule has 0 saturated heterocycles. The van der Waals surface area contributed by atoms with E-state index < -0.39 is 0 Å². The van der Waals surface area contributed by atoms with Crippen LogP contribution in [0.1, 0.15) is 5.56 Å². The standard InChI is InChI=1S/C13H19N3O/c1-4-8-15-13(14-2)16-10-11-6-5-7-12(9-11)17-3/h4-7,9H,1,8,10H2,2-3H3,(H2,14,15,16). The molecule has 0 aliphatic rings. The summed E-state index contributed by atoms with van der Waals surface area (Å²) >= 11 is 0. The molecule has 2 N–H and O–H groups in total. The van der Waals surface area contributed by atoms with Crippen molar-refractivity contribution in [3.63, 3.8) is 0 Å². The highest BCUT2D eigenvalue weighted by molar-refractivity contribution is 5.79. The quantitative estimate of drug-likeness (QED) is 0.461. The van der Waals surface area contributed by atoms with Crippen LogP contribution in [0.25, 0.3) is 0 Å². The molecular formula is C13H19N3O. The lowest BCUT2D eigenvalue weighted by Crippen LogP contribution is -2.36. The Bertz CT molecular complexity index is 388. The smallest absolute Gasteiger partial charge is 0.191 e. The molecule has 4 nitrogen and oxygen atoms in total. The van der Waals surface area contributed by atoms with Crippen LogP contribution in [-0.4, -0.2) is 26.7 Å². The Labute approximate surface area is 102 Å². The molecule has 4 heteroatoms. The van der Waals surface area contributed by atoms with Crippen LogP contribution in [-0.2, 0) is 6.54 Å². The van der Waals surface area contributed by atoms with Gasteiger partial charge in [0.25, 0.3) is 0 Å². The van der Waals surface area contributed by atoms with E-state index in [1.807, 2.05) is 24.3 Å². The van der Waals surface area contributed by atoms with Gasteiger partial charge in [-0.2, -0.15) is 0 Å². The topological polar surface area (TPSA) is 45.7 Å². The molecule has 0 aromatic heterocycles. The van der Waals surface area contributed by atoms with Gasteiger partial charge in [0.15, 0.2) is 5.96 Å². The minimum Gasteiger partial charge on any atom is -0.497 e. The molecule has 0 radical (unpaired) electrons. The van der Waals surface area contributed by atoms with Crippen molar-refractivity contribution in [1.82, 2.24) is 10.6 Å². The predicted molar refractivity (Wildman–Crippen MR) is 71.4 cm³/mol. The number of ether oxygens (including phenoxy) is 1. The van der Waals surface area contributed by atoms with Gasteiger partial charge in [-0.1, -0.05) is 18.2 Å². The van der Waals surface area contributed by atoms with Crippen LogP contribution in [0.4, 0.5) is 0 Å². The molecule has 0 unspecified atom stereocenters. The molecule has 1 aromatic carbocycles. The molecule has 0 aliphatic carbocycles. The number of methoxy groups -OCH3 is 1. The minimum absolute atomic E-state index is 0.692. The highest BCUT2D eigenvalue weighted by Gasteiger charge is 1.98. The van der Waals surface area contributed by atoms with Crippen LogP contribution in [0.2, 0.25) is 0 Å². The maximum Gasteiger partial charge on any atom is 0.191 e. The molecule has 0 atom stereocenters. The molecule has 0 bridgehead atoms. The number of nitrogens with one attached hydrogen (secondary N) is 2. The summed E-state index contributed by atoms with van der Waals surface area (Å²) in [6, 6.07) is 7.92. The number of aliphatic imine (C=N–C) groups is 1. The van der Waals surface area contributed by atoms with Gasteiger partial charge in [-0.05, 0) is 17.7 Å². The third-order valence-electron chi connectivity index (χ3n) is 2.23. The highest BCUT2D eigenvalue weighted by Crippen LogP contribution is 2.11. The molecule has 0 heterocycles. The van der Waals surface area contributed by atoms with Crippen molar-refractivity contribution in [3.05, 3.63) is 42.5 Å². The van der Waals surface area contributed by atoms with Gasteiger partial charge in [-0.3, -0.25) is 4.99 Å². The summed E-state index contributed by atoms with van der Waals surface area (Å²) < 4.78 is 5.17. The van der Waals surface area contributed by atoms with Crippen LogP contribution < -0.4 is 15.4 Å². The molecule has 0 fully saturated rings. The van der Waals surface area contributed by atoms with E-state index in [0.29, 0.717) is 13.1 Å². The van der Waals surface area contributed by atoms with E-state index >= 15 is 0 Å². The lowest BCUT2D eigenvalue weighted by molar-refractivity contribution is 0.414. The molecule has 1 aromatic rings. The van der Waals surface area contributed by atoms with E-state index in [4.69, 9.17) is 4.74 Å². The maximum atomic E-state index is 5.17. The lowest BCUT2D eigenvalue weighted by Gasteiger charge is -2.10. The van der Waals surface area contributed by atoms with Gasteiger partial charge < -0.3 is 15.4 Å². The number of hydrogen-bond donors (Lipinski definition) is 2. The van der Waals surface area contributed by atoms with Gasteiger partial charge in [0, 0.05) is 20.1 Å². The Morgan fingerprint density at radius 1 is 1.47 bits per heavy atom. The molecule has 92 valence electrons. The van der Waals surface area contributed by atoms with Crippen LogP contribution in [0, 0.1) is 0 Å². The van der Waals surface area contributed by atoms with Crippen LogP contribution in [0.3, 0.4) is 0 Å². The Balaban J connectivity index is 2.50. The summed E-state index contributed by atoms with van der Waals surface area (Å²) in [4.78, 5) is 4.10. The Hall–Kier alpha value is -1.97. The number of hydrogen-bond acceptors (Lipinski definition) is 2. The normalized spacial score (nSPS) is 10.8. The van der Waals surface area contributed by atoms with Crippen LogP contribution in [0.5, 0.6) is 5.75 Å². The van der Waals surface area contributed by atoms with Gasteiger partial charge in [0.05, 0.1) is 7.11 Å². The molecule has 1 rings (SSSR count). The first-order chi connectivity index (χ1) is 8.30. The van der Waals surface area contributed by atoms with E-state index in [2.05, 4.69) is 22.2 Å². The first-order valence-electron chi connectivity index (χ1n) is 5.48. The van der Waals surface area contributed by atoms with E-state index in [1.54, 1.807) is 20.2 Å². The summed E-state index contributed by atoms with van der Waals surface area (Å²) in [5.41, 5.74) is 1.14. The average molecular weight is 233 g/mol. The monoisotopic (exact) mass is 233 g/mol. The largest absolute Gasteiger partial charge is 0.497 e. The van der Waals surface area contributed by atoms with Crippen molar-refractivity contribution in [2.75, 3.05) is 20.7 Å². The zero-order valence-electron chi connectivity index (χ0n) is 10.4. The third-order valence-corrected chi connectivity index (χ3v) is 2.23. The maximum absolute atomic E-state index is 5.17. The second-order valence-electron chi connectivity index (χ2n) is 3.45.